The predicted molar refractivity (Wildman–Crippen MR) is 134 cm³/mol. The third-order valence-electron chi connectivity index (χ3n) is 4.74. The highest BCUT2D eigenvalue weighted by atomic mass is 35.5. The van der Waals surface area contributed by atoms with Gasteiger partial charge in [0.1, 0.15) is 17.7 Å². The Morgan fingerprint density at radius 2 is 1.73 bits per heavy atom. The summed E-state index contributed by atoms with van der Waals surface area (Å²) in [6, 6.07) is 15.7. The van der Waals surface area contributed by atoms with Crippen molar-refractivity contribution in [2.24, 2.45) is 5.73 Å². The molecule has 33 heavy (non-hydrogen) atoms. The van der Waals surface area contributed by atoms with Crippen molar-refractivity contribution in [2.45, 2.75) is 23.5 Å². The summed E-state index contributed by atoms with van der Waals surface area (Å²) in [5.41, 5.74) is 6.69. The number of hydrogen-bond acceptors (Lipinski definition) is 6. The van der Waals surface area contributed by atoms with Crippen LogP contribution in [0.5, 0.6) is 11.5 Å². The van der Waals surface area contributed by atoms with Gasteiger partial charge in [0.05, 0.1) is 12.6 Å². The summed E-state index contributed by atoms with van der Waals surface area (Å²) in [7, 11) is 1.52. The van der Waals surface area contributed by atoms with E-state index >= 15 is 0 Å². The molecule has 2 aromatic rings. The molecule has 2 aromatic carbocycles. The maximum Gasteiger partial charge on any atom is 0.257 e. The molecule has 2 amide bonds. The Balaban J connectivity index is 2.31. The first-order valence-corrected chi connectivity index (χ1v) is 12.6. The third kappa shape index (κ3) is 8.72. The Kier molecular flexibility index (Phi) is 11.8. The van der Waals surface area contributed by atoms with E-state index in [1.807, 2.05) is 36.6 Å². The van der Waals surface area contributed by atoms with Crippen molar-refractivity contribution in [1.82, 2.24) is 10.2 Å². The van der Waals surface area contributed by atoms with Crippen LogP contribution in [-0.4, -0.2) is 59.9 Å². The minimum absolute atomic E-state index is 0.165. The summed E-state index contributed by atoms with van der Waals surface area (Å²) < 4.78 is 11.0. The molecule has 7 nitrogen and oxygen atoms in total. The standard InChI is InChI=1S/C23H29Cl2N3O4S/c1-31-14-13-28(23(30)20(24)25)21(27-22(29)19(26)12-15-33-2)16-8-10-18(11-9-16)32-17-6-4-3-5-7-17/h3-11,19-21H,12-15,26H2,1-2H3,(H,27,29). The second-order valence-corrected chi connectivity index (χ2v) is 9.19. The zero-order valence-corrected chi connectivity index (χ0v) is 20.9. The second kappa shape index (κ2) is 14.3. The molecular weight excluding hydrogens is 485 g/mol. The van der Waals surface area contributed by atoms with E-state index in [9.17, 15) is 9.59 Å². The maximum absolute atomic E-state index is 12.8. The van der Waals surface area contributed by atoms with Crippen LogP contribution in [0.15, 0.2) is 54.6 Å². The molecule has 0 fully saturated rings. The summed E-state index contributed by atoms with van der Waals surface area (Å²) in [4.78, 5) is 25.7. The van der Waals surface area contributed by atoms with Crippen molar-refractivity contribution < 1.29 is 19.1 Å². The molecule has 0 aliphatic heterocycles. The molecule has 0 saturated heterocycles. The molecule has 180 valence electrons. The number of nitrogens with one attached hydrogen (secondary N) is 1. The highest BCUT2D eigenvalue weighted by Gasteiger charge is 2.31. The van der Waals surface area contributed by atoms with E-state index in [0.29, 0.717) is 23.5 Å². The van der Waals surface area contributed by atoms with Crippen molar-refractivity contribution >= 4 is 46.8 Å². The van der Waals surface area contributed by atoms with Gasteiger partial charge in [-0.3, -0.25) is 9.59 Å². The molecule has 0 saturated carbocycles. The summed E-state index contributed by atoms with van der Waals surface area (Å²) in [5, 5.41) is 2.87. The molecule has 0 aliphatic rings. The topological polar surface area (TPSA) is 93.9 Å². The van der Waals surface area contributed by atoms with Crippen molar-refractivity contribution in [3.63, 3.8) is 0 Å². The van der Waals surface area contributed by atoms with Gasteiger partial charge < -0.3 is 25.4 Å². The van der Waals surface area contributed by atoms with Crippen LogP contribution in [0.4, 0.5) is 0 Å². The number of nitrogens with two attached hydrogens (primary N) is 1. The minimum Gasteiger partial charge on any atom is -0.457 e. The monoisotopic (exact) mass is 513 g/mol. The molecule has 2 atom stereocenters. The summed E-state index contributed by atoms with van der Waals surface area (Å²) in [5.74, 6) is 1.10. The van der Waals surface area contributed by atoms with Gasteiger partial charge >= 0.3 is 0 Å². The van der Waals surface area contributed by atoms with Gasteiger partial charge in [0.25, 0.3) is 5.91 Å². The second-order valence-electron chi connectivity index (χ2n) is 7.11. The van der Waals surface area contributed by atoms with Gasteiger partial charge in [-0.2, -0.15) is 11.8 Å². The number of ether oxygens (including phenoxy) is 2. The molecule has 0 radical (unpaired) electrons. The number of benzene rings is 2. The molecule has 0 aliphatic carbocycles. The normalized spacial score (nSPS) is 12.8. The van der Waals surface area contributed by atoms with Crippen molar-refractivity contribution in [2.75, 3.05) is 32.3 Å². The largest absolute Gasteiger partial charge is 0.457 e. The molecule has 0 aromatic heterocycles. The first-order chi connectivity index (χ1) is 15.9. The van der Waals surface area contributed by atoms with Crippen LogP contribution in [0.2, 0.25) is 0 Å². The molecular formula is C23H29Cl2N3O4S. The summed E-state index contributed by atoms with van der Waals surface area (Å²) in [6.45, 7) is 0.394. The lowest BCUT2D eigenvalue weighted by Crippen LogP contribution is -2.51. The fraction of sp³-hybridized carbons (Fsp3) is 0.391. The van der Waals surface area contributed by atoms with Crippen LogP contribution in [0.1, 0.15) is 18.2 Å². The first-order valence-electron chi connectivity index (χ1n) is 10.3. The lowest BCUT2D eigenvalue weighted by molar-refractivity contribution is -0.135. The molecule has 0 bridgehead atoms. The maximum atomic E-state index is 12.8. The van der Waals surface area contributed by atoms with Gasteiger partial charge in [0.2, 0.25) is 5.91 Å². The number of hydrogen-bond donors (Lipinski definition) is 2. The number of carbonyl (C=O) groups is 2. The quantitative estimate of drug-likeness (QED) is 0.311. The van der Waals surface area contributed by atoms with Crippen molar-refractivity contribution in [1.29, 1.82) is 0 Å². The fourth-order valence-electron chi connectivity index (χ4n) is 2.98. The van der Waals surface area contributed by atoms with Gasteiger partial charge in [0, 0.05) is 13.7 Å². The average molecular weight is 514 g/mol. The van der Waals surface area contributed by atoms with Crippen LogP contribution < -0.4 is 15.8 Å². The van der Waals surface area contributed by atoms with Crippen molar-refractivity contribution in [3.8, 4) is 11.5 Å². The lowest BCUT2D eigenvalue weighted by Gasteiger charge is -2.33. The van der Waals surface area contributed by atoms with E-state index in [0.717, 1.165) is 5.75 Å². The Bertz CT molecular complexity index is 872. The van der Waals surface area contributed by atoms with Crippen LogP contribution in [-0.2, 0) is 14.3 Å². The van der Waals surface area contributed by atoms with Crippen molar-refractivity contribution in [3.05, 3.63) is 60.2 Å². The molecule has 0 heterocycles. The zero-order chi connectivity index (χ0) is 24.2. The Labute approximate surface area is 208 Å². The Morgan fingerprint density at radius 3 is 2.30 bits per heavy atom. The van der Waals surface area contributed by atoms with Gasteiger partial charge in [-0.25, -0.2) is 0 Å². The summed E-state index contributed by atoms with van der Waals surface area (Å²) in [6.07, 6.45) is 1.60. The third-order valence-corrected chi connectivity index (χ3v) is 5.76. The van der Waals surface area contributed by atoms with E-state index < -0.39 is 23.0 Å². The highest BCUT2D eigenvalue weighted by molar-refractivity contribution is 7.98. The number of carbonyl (C=O) groups excluding carboxylic acids is 2. The van der Waals surface area contributed by atoms with Crippen LogP contribution in [0.3, 0.4) is 0 Å². The molecule has 0 spiro atoms. The molecule has 3 N–H and O–H groups in total. The highest BCUT2D eigenvalue weighted by Crippen LogP contribution is 2.26. The number of alkyl halides is 2. The van der Waals surface area contributed by atoms with E-state index in [1.165, 1.54) is 12.0 Å². The summed E-state index contributed by atoms with van der Waals surface area (Å²) >= 11 is 13.4. The lowest BCUT2D eigenvalue weighted by atomic mass is 10.1. The van der Waals surface area contributed by atoms with E-state index in [2.05, 4.69) is 5.32 Å². The molecule has 2 rings (SSSR count). The number of halogens is 2. The predicted octanol–water partition coefficient (Wildman–Crippen LogP) is 3.95. The van der Waals surface area contributed by atoms with Crippen LogP contribution in [0.25, 0.3) is 0 Å². The number of rotatable bonds is 13. The first kappa shape index (κ1) is 27.3. The van der Waals surface area contributed by atoms with Gasteiger partial charge in [-0.05, 0) is 48.3 Å². The zero-order valence-electron chi connectivity index (χ0n) is 18.6. The number of methoxy groups -OCH3 is 1. The SMILES string of the molecule is COCCN(C(=O)C(Cl)Cl)C(NC(=O)C(N)CCSC)c1ccc(Oc2ccccc2)cc1. The number of amides is 2. The average Bonchev–Trinajstić information content (AvgIpc) is 2.82. The Morgan fingerprint density at radius 1 is 1.09 bits per heavy atom. The van der Waals surface area contributed by atoms with Crippen LogP contribution in [0, 0.1) is 0 Å². The molecule has 2 unspecified atom stereocenters. The number of thioether (sulfide) groups is 1. The minimum atomic E-state index is -1.30. The van der Waals surface area contributed by atoms with E-state index in [1.54, 1.807) is 36.0 Å². The Hall–Kier alpha value is -1.97. The van der Waals surface area contributed by atoms with Gasteiger partial charge in [-0.15, -0.1) is 0 Å². The van der Waals surface area contributed by atoms with Gasteiger partial charge in [0.15, 0.2) is 4.84 Å². The van der Waals surface area contributed by atoms with Crippen LogP contribution >= 0.6 is 35.0 Å². The van der Waals surface area contributed by atoms with E-state index in [-0.39, 0.29) is 19.1 Å². The smallest absolute Gasteiger partial charge is 0.257 e. The number of para-hydroxylation sites is 1. The van der Waals surface area contributed by atoms with Gasteiger partial charge in [-0.1, -0.05) is 53.5 Å². The van der Waals surface area contributed by atoms with E-state index in [4.69, 9.17) is 38.4 Å². The fourth-order valence-corrected chi connectivity index (χ4v) is 3.72. The number of nitrogens with zero attached hydrogens (tertiary/aromatic N) is 1. The molecule has 10 heteroatoms.